The molecule has 13 heavy (non-hydrogen) atoms. The summed E-state index contributed by atoms with van der Waals surface area (Å²) in [4.78, 5) is 1.34. The van der Waals surface area contributed by atoms with Crippen molar-refractivity contribution in [1.29, 1.82) is 0 Å². The Bertz CT molecular complexity index is 303. The smallest absolute Gasteiger partial charge is 0.177 e. The molecule has 1 N–H and O–H groups in total. The van der Waals surface area contributed by atoms with Gasteiger partial charge in [0.05, 0.1) is 13.2 Å². The summed E-state index contributed by atoms with van der Waals surface area (Å²) in [6, 6.07) is 0.161. The molecule has 0 unspecified atom stereocenters. The Morgan fingerprint density at radius 1 is 1.31 bits per heavy atom. The average Bonchev–Trinajstić information content (AvgIpc) is 2.48. The molecule has 1 atom stereocenters. The van der Waals surface area contributed by atoms with Crippen LogP contribution in [-0.2, 0) is 14.6 Å². The van der Waals surface area contributed by atoms with Gasteiger partial charge in [0.25, 0.3) is 0 Å². The molecule has 0 saturated carbocycles. The van der Waals surface area contributed by atoms with Gasteiger partial charge in [-0.25, -0.2) is 8.42 Å². The maximum Gasteiger partial charge on any atom is 0.177 e. The average molecular weight is 204 g/mol. The fourth-order valence-electron chi connectivity index (χ4n) is 1.83. The zero-order chi connectivity index (χ0) is 9.31. The maximum atomic E-state index is 11.2. The highest BCUT2D eigenvalue weighted by atomic mass is 32.2. The minimum Gasteiger partial charge on any atom is -0.370 e. The van der Waals surface area contributed by atoms with Gasteiger partial charge in [-0.05, 0) is 6.08 Å². The van der Waals surface area contributed by atoms with Crippen molar-refractivity contribution in [2.75, 3.05) is 32.1 Å². The van der Waals surface area contributed by atoms with E-state index >= 15 is 0 Å². The predicted molar refractivity (Wildman–Crippen MR) is 48.2 cm³/mol. The van der Waals surface area contributed by atoms with Crippen LogP contribution in [0.2, 0.25) is 0 Å². The largest absolute Gasteiger partial charge is 0.370 e. The molecule has 1 saturated heterocycles. The quantitative estimate of drug-likeness (QED) is 0.549. The molecule has 0 bridgehead atoms. The number of morpholine rings is 1. The lowest BCUT2D eigenvalue weighted by Crippen LogP contribution is -3.17. The minimum atomic E-state index is -2.89. The topological polar surface area (TPSA) is 47.8 Å². The van der Waals surface area contributed by atoms with Crippen LogP contribution in [-0.4, -0.2) is 46.5 Å². The van der Waals surface area contributed by atoms with Crippen molar-refractivity contribution < 1.29 is 18.1 Å². The van der Waals surface area contributed by atoms with Crippen molar-refractivity contribution in [3.05, 3.63) is 11.5 Å². The van der Waals surface area contributed by atoms with Gasteiger partial charge in [0.2, 0.25) is 0 Å². The van der Waals surface area contributed by atoms with Gasteiger partial charge in [0.1, 0.15) is 24.9 Å². The maximum absolute atomic E-state index is 11.2. The van der Waals surface area contributed by atoms with Crippen molar-refractivity contribution >= 4 is 9.84 Å². The van der Waals surface area contributed by atoms with Crippen LogP contribution in [0.5, 0.6) is 0 Å². The van der Waals surface area contributed by atoms with Crippen LogP contribution >= 0.6 is 0 Å². The lowest BCUT2D eigenvalue weighted by Gasteiger charge is -2.27. The summed E-state index contributed by atoms with van der Waals surface area (Å²) in [5.41, 5.74) is 0. The lowest BCUT2D eigenvalue weighted by atomic mass is 10.2. The third-order valence-corrected chi connectivity index (χ3v) is 3.99. The Morgan fingerprint density at radius 2 is 2.00 bits per heavy atom. The lowest BCUT2D eigenvalue weighted by molar-refractivity contribution is -0.923. The molecule has 2 rings (SSSR count). The minimum absolute atomic E-state index is 0.161. The third-order valence-electron chi connectivity index (χ3n) is 2.59. The summed E-state index contributed by atoms with van der Waals surface area (Å²) in [5, 5.41) is 1.35. The first-order valence-corrected chi connectivity index (χ1v) is 6.22. The third kappa shape index (κ3) is 2.10. The van der Waals surface area contributed by atoms with E-state index in [1.807, 2.05) is 6.08 Å². The SMILES string of the molecule is O=S1(=O)C=C[C@H]([NH+]2CCOCC2)C1. The molecule has 5 heteroatoms. The van der Waals surface area contributed by atoms with Gasteiger partial charge in [-0.2, -0.15) is 0 Å². The summed E-state index contributed by atoms with van der Waals surface area (Å²) < 4.78 is 27.5. The van der Waals surface area contributed by atoms with Crippen molar-refractivity contribution in [3.63, 3.8) is 0 Å². The second-order valence-electron chi connectivity index (χ2n) is 3.54. The molecule has 0 radical (unpaired) electrons. The second-order valence-corrected chi connectivity index (χ2v) is 5.47. The molecule has 0 aromatic heterocycles. The monoisotopic (exact) mass is 204 g/mol. The first-order chi connectivity index (χ1) is 6.17. The molecular weight excluding hydrogens is 190 g/mol. The Balaban J connectivity index is 1.99. The summed E-state index contributed by atoms with van der Waals surface area (Å²) in [7, 11) is -2.89. The van der Waals surface area contributed by atoms with Crippen LogP contribution in [0, 0.1) is 0 Å². The van der Waals surface area contributed by atoms with Gasteiger partial charge in [0.15, 0.2) is 9.84 Å². The normalized spacial score (nSPS) is 33.7. The summed E-state index contributed by atoms with van der Waals surface area (Å²) in [5.74, 6) is 0.280. The summed E-state index contributed by atoms with van der Waals surface area (Å²) in [6.07, 6.45) is 1.82. The van der Waals surface area contributed by atoms with Gasteiger partial charge in [-0.15, -0.1) is 0 Å². The first-order valence-electron chi connectivity index (χ1n) is 4.51. The Kier molecular flexibility index (Phi) is 2.40. The number of hydrogen-bond acceptors (Lipinski definition) is 3. The number of hydrogen-bond donors (Lipinski definition) is 1. The molecule has 2 aliphatic rings. The Morgan fingerprint density at radius 3 is 2.54 bits per heavy atom. The number of ether oxygens (including phenoxy) is 1. The standard InChI is InChI=1S/C8H13NO3S/c10-13(11)6-1-8(7-13)9-2-4-12-5-3-9/h1,6,8H,2-5,7H2/p+1/t8-/m0/s1. The van der Waals surface area contributed by atoms with Gasteiger partial charge in [-0.1, -0.05) is 0 Å². The van der Waals surface area contributed by atoms with Crippen LogP contribution in [0.1, 0.15) is 0 Å². The van der Waals surface area contributed by atoms with Crippen molar-refractivity contribution in [1.82, 2.24) is 0 Å². The van der Waals surface area contributed by atoms with E-state index in [-0.39, 0.29) is 11.8 Å². The molecule has 0 aromatic rings. The van der Waals surface area contributed by atoms with Crippen LogP contribution in [0.3, 0.4) is 0 Å². The van der Waals surface area contributed by atoms with Gasteiger partial charge < -0.3 is 9.64 Å². The summed E-state index contributed by atoms with van der Waals surface area (Å²) >= 11 is 0. The van der Waals surface area contributed by atoms with Crippen LogP contribution in [0.15, 0.2) is 11.5 Å². The van der Waals surface area contributed by atoms with Crippen molar-refractivity contribution in [2.45, 2.75) is 6.04 Å². The first kappa shape index (κ1) is 9.18. The predicted octanol–water partition coefficient (Wildman–Crippen LogP) is -1.79. The molecule has 2 aliphatic heterocycles. The molecule has 0 aromatic carbocycles. The van der Waals surface area contributed by atoms with Gasteiger partial charge >= 0.3 is 0 Å². The van der Waals surface area contributed by atoms with E-state index in [1.165, 1.54) is 10.3 Å². The molecule has 74 valence electrons. The molecule has 2 heterocycles. The molecule has 4 nitrogen and oxygen atoms in total. The van der Waals surface area contributed by atoms with E-state index in [4.69, 9.17) is 4.74 Å². The fraction of sp³-hybridized carbons (Fsp3) is 0.750. The van der Waals surface area contributed by atoms with E-state index in [1.54, 1.807) is 0 Å². The second kappa shape index (κ2) is 3.40. The number of sulfone groups is 1. The fourth-order valence-corrected chi connectivity index (χ4v) is 3.22. The highest BCUT2D eigenvalue weighted by Crippen LogP contribution is 2.05. The molecule has 0 spiro atoms. The number of rotatable bonds is 1. The van der Waals surface area contributed by atoms with Crippen LogP contribution in [0.25, 0.3) is 0 Å². The van der Waals surface area contributed by atoms with E-state index < -0.39 is 9.84 Å². The highest BCUT2D eigenvalue weighted by molar-refractivity contribution is 7.94. The highest BCUT2D eigenvalue weighted by Gasteiger charge is 2.31. The summed E-state index contributed by atoms with van der Waals surface area (Å²) in [6.45, 7) is 3.34. The van der Waals surface area contributed by atoms with Crippen molar-refractivity contribution in [2.24, 2.45) is 0 Å². The van der Waals surface area contributed by atoms with E-state index in [0.29, 0.717) is 0 Å². The molecular formula is C8H14NO3S+. The Hall–Kier alpha value is -0.390. The van der Waals surface area contributed by atoms with Gasteiger partial charge in [-0.3, -0.25) is 0 Å². The van der Waals surface area contributed by atoms with E-state index in [9.17, 15) is 8.42 Å². The van der Waals surface area contributed by atoms with Crippen LogP contribution in [0.4, 0.5) is 0 Å². The molecule has 0 amide bonds. The number of nitrogens with one attached hydrogen (secondary N) is 1. The van der Waals surface area contributed by atoms with E-state index in [2.05, 4.69) is 0 Å². The zero-order valence-corrected chi connectivity index (χ0v) is 8.22. The Labute approximate surface area is 78.1 Å². The van der Waals surface area contributed by atoms with Crippen LogP contribution < -0.4 is 4.90 Å². The van der Waals surface area contributed by atoms with Crippen molar-refractivity contribution in [3.8, 4) is 0 Å². The number of quaternary nitrogens is 1. The molecule has 1 fully saturated rings. The van der Waals surface area contributed by atoms with E-state index in [0.717, 1.165) is 26.3 Å². The zero-order valence-electron chi connectivity index (χ0n) is 7.40. The molecule has 0 aliphatic carbocycles. The van der Waals surface area contributed by atoms with Gasteiger partial charge in [0, 0.05) is 5.41 Å².